The molecule has 13 heteroatoms. The summed E-state index contributed by atoms with van der Waals surface area (Å²) in [7, 11) is 0. The molecule has 0 fully saturated rings. The number of nitrogens with zero attached hydrogens (tertiary/aromatic N) is 6. The number of rotatable bonds is 11. The maximum atomic E-state index is 13.4. The number of carbonyl (C=O) groups is 3. The molecule has 47 heavy (non-hydrogen) atoms. The van der Waals surface area contributed by atoms with Crippen LogP contribution in [0.1, 0.15) is 72.0 Å². The van der Waals surface area contributed by atoms with Gasteiger partial charge in [0.2, 0.25) is 17.8 Å². The highest BCUT2D eigenvalue weighted by Crippen LogP contribution is 2.27. The molecule has 242 valence electrons. The monoisotopic (exact) mass is 651 g/mol. The van der Waals surface area contributed by atoms with Crippen LogP contribution in [-0.2, 0) is 19.6 Å². The number of aryl methyl sites for hydroxylation is 7. The van der Waals surface area contributed by atoms with Gasteiger partial charge in [0.1, 0.15) is 5.69 Å². The third-order valence-corrected chi connectivity index (χ3v) is 9.15. The van der Waals surface area contributed by atoms with E-state index < -0.39 is 5.91 Å². The van der Waals surface area contributed by atoms with Gasteiger partial charge >= 0.3 is 0 Å². The Bertz CT molecular complexity index is 2170. The summed E-state index contributed by atoms with van der Waals surface area (Å²) < 4.78 is 5.66. The third-order valence-electron chi connectivity index (χ3n) is 8.19. The molecule has 0 aliphatic carbocycles. The highest BCUT2D eigenvalue weighted by atomic mass is 32.1. The van der Waals surface area contributed by atoms with E-state index >= 15 is 0 Å². The van der Waals surface area contributed by atoms with Crippen molar-refractivity contribution >= 4 is 63.0 Å². The van der Waals surface area contributed by atoms with Gasteiger partial charge in [-0.3, -0.25) is 29.7 Å². The summed E-state index contributed by atoms with van der Waals surface area (Å²) in [6.07, 6.45) is 1.47. The Morgan fingerprint density at radius 3 is 2.26 bits per heavy atom. The smallest absolute Gasteiger partial charge is 0.276 e. The number of para-hydroxylation sites is 1. The van der Waals surface area contributed by atoms with Gasteiger partial charge in [-0.1, -0.05) is 12.1 Å². The Kier molecular flexibility index (Phi) is 8.65. The molecule has 2 aromatic carbocycles. The Hall–Kier alpha value is -5.30. The number of anilines is 2. The van der Waals surface area contributed by atoms with Gasteiger partial charge in [-0.2, -0.15) is 5.10 Å². The second kappa shape index (κ2) is 12.8. The van der Waals surface area contributed by atoms with Crippen LogP contribution in [0.15, 0.2) is 48.5 Å². The van der Waals surface area contributed by atoms with Gasteiger partial charge in [0.05, 0.1) is 33.3 Å². The first-order valence-electron chi connectivity index (χ1n) is 15.5. The highest BCUT2D eigenvalue weighted by Gasteiger charge is 2.20. The second-order valence-electron chi connectivity index (χ2n) is 11.6. The number of imidazole rings is 2. The third kappa shape index (κ3) is 6.26. The molecule has 12 nitrogen and oxygen atoms in total. The number of nitrogens with one attached hydrogen (secondary N) is 2. The van der Waals surface area contributed by atoms with Gasteiger partial charge in [0.25, 0.3) is 11.8 Å². The van der Waals surface area contributed by atoms with Crippen molar-refractivity contribution in [3.05, 3.63) is 86.4 Å². The summed E-state index contributed by atoms with van der Waals surface area (Å²) in [6.45, 7) is 11.4. The predicted molar refractivity (Wildman–Crippen MR) is 184 cm³/mol. The van der Waals surface area contributed by atoms with Crippen LogP contribution in [0.3, 0.4) is 0 Å². The Morgan fingerprint density at radius 2 is 1.55 bits per heavy atom. The Morgan fingerprint density at radius 1 is 0.851 bits per heavy atom. The van der Waals surface area contributed by atoms with Crippen molar-refractivity contribution in [2.75, 3.05) is 10.6 Å². The van der Waals surface area contributed by atoms with Crippen molar-refractivity contribution in [3.8, 4) is 0 Å². The van der Waals surface area contributed by atoms with Crippen molar-refractivity contribution in [2.24, 2.45) is 5.73 Å². The minimum absolute atomic E-state index is 0.179. The minimum Gasteiger partial charge on any atom is -0.366 e. The van der Waals surface area contributed by atoms with Gasteiger partial charge in [-0.25, -0.2) is 9.97 Å². The van der Waals surface area contributed by atoms with E-state index in [1.165, 1.54) is 0 Å². The molecule has 6 aromatic rings. The standard InChI is InChI=1S/C34H37N9O3S/c1-6-43-28(16-20(3)40-43)32(46)39-33-37-26-18-23(30(35)44)12-13-27(26)41(33)14-7-8-15-42-29-19(2)10-9-11-25(29)36-34(42)38-31(45)24-17-21(4)47-22(24)5/h9-13,16-18H,6-8,14-15H2,1-5H3,(H2,35,44)(H,36,38,45)(H,37,39,46). The summed E-state index contributed by atoms with van der Waals surface area (Å²) in [5, 5.41) is 10.4. The van der Waals surface area contributed by atoms with E-state index in [9.17, 15) is 14.4 Å². The minimum atomic E-state index is -0.551. The normalized spacial score (nSPS) is 11.4. The number of aromatic nitrogens is 6. The first-order valence-corrected chi connectivity index (χ1v) is 16.4. The van der Waals surface area contributed by atoms with Crippen molar-refractivity contribution in [1.29, 1.82) is 0 Å². The van der Waals surface area contributed by atoms with E-state index in [2.05, 4.69) is 25.3 Å². The SMILES string of the molecule is CCn1nc(C)cc1C(=O)Nc1nc2cc(C(N)=O)ccc2n1CCCCn1c(NC(=O)c2cc(C)sc2C)nc2cccc(C)c21. The number of fused-ring (bicyclic) bond motifs is 2. The topological polar surface area (TPSA) is 155 Å². The zero-order valence-electron chi connectivity index (χ0n) is 27.0. The quantitative estimate of drug-likeness (QED) is 0.146. The van der Waals surface area contributed by atoms with E-state index in [0.717, 1.165) is 50.4 Å². The van der Waals surface area contributed by atoms with E-state index in [1.54, 1.807) is 40.3 Å². The molecular weight excluding hydrogens is 615 g/mol. The second-order valence-corrected chi connectivity index (χ2v) is 13.1. The van der Waals surface area contributed by atoms with Crippen LogP contribution in [-0.4, -0.2) is 46.6 Å². The molecule has 4 aromatic heterocycles. The number of amides is 3. The van der Waals surface area contributed by atoms with Gasteiger partial charge in [-0.05, 0) is 89.4 Å². The molecule has 0 radical (unpaired) electrons. The van der Waals surface area contributed by atoms with Crippen LogP contribution in [0.4, 0.5) is 11.9 Å². The van der Waals surface area contributed by atoms with Crippen molar-refractivity contribution in [3.63, 3.8) is 0 Å². The fraction of sp³-hybridized carbons (Fsp3) is 0.294. The summed E-state index contributed by atoms with van der Waals surface area (Å²) in [5.41, 5.74) is 11.9. The number of nitrogens with two attached hydrogens (primary N) is 1. The molecular formula is C34H37N9O3S. The number of hydrogen-bond acceptors (Lipinski definition) is 7. The molecule has 6 rings (SSSR count). The fourth-order valence-electron chi connectivity index (χ4n) is 5.98. The van der Waals surface area contributed by atoms with E-state index in [4.69, 9.17) is 10.7 Å². The fourth-order valence-corrected chi connectivity index (χ4v) is 6.90. The van der Waals surface area contributed by atoms with Crippen LogP contribution in [0.2, 0.25) is 0 Å². The number of unbranched alkanes of at least 4 members (excludes halogenated alkanes) is 1. The van der Waals surface area contributed by atoms with E-state index in [1.807, 2.05) is 63.5 Å². The molecule has 4 N–H and O–H groups in total. The van der Waals surface area contributed by atoms with E-state index in [-0.39, 0.29) is 11.8 Å². The maximum Gasteiger partial charge on any atom is 0.276 e. The first-order chi connectivity index (χ1) is 22.5. The zero-order chi connectivity index (χ0) is 33.4. The molecule has 0 saturated carbocycles. The molecule has 0 bridgehead atoms. The van der Waals surface area contributed by atoms with Crippen LogP contribution < -0.4 is 16.4 Å². The number of primary amides is 1. The van der Waals surface area contributed by atoms with E-state index in [0.29, 0.717) is 53.9 Å². The van der Waals surface area contributed by atoms with Crippen molar-refractivity contribution in [2.45, 2.75) is 67.1 Å². The Balaban J connectivity index is 1.25. The number of thiophene rings is 1. The molecule has 3 amide bonds. The lowest BCUT2D eigenvalue weighted by molar-refractivity contribution is 0.0995. The van der Waals surface area contributed by atoms with Crippen LogP contribution in [0.5, 0.6) is 0 Å². The molecule has 0 unspecified atom stereocenters. The number of hydrogen-bond donors (Lipinski definition) is 3. The van der Waals surface area contributed by atoms with Gasteiger partial charge in [0.15, 0.2) is 0 Å². The largest absolute Gasteiger partial charge is 0.366 e. The summed E-state index contributed by atoms with van der Waals surface area (Å²) >= 11 is 1.60. The molecule has 0 aliphatic heterocycles. The maximum absolute atomic E-state index is 13.4. The van der Waals surface area contributed by atoms with Crippen LogP contribution in [0, 0.1) is 27.7 Å². The molecule has 0 spiro atoms. The lowest BCUT2D eigenvalue weighted by Gasteiger charge is -2.13. The average Bonchev–Trinajstić information content (AvgIpc) is 3.77. The lowest BCUT2D eigenvalue weighted by atomic mass is 10.2. The molecule has 4 heterocycles. The summed E-state index contributed by atoms with van der Waals surface area (Å²) in [4.78, 5) is 50.0. The lowest BCUT2D eigenvalue weighted by Crippen LogP contribution is -2.20. The van der Waals surface area contributed by atoms with Crippen molar-refractivity contribution < 1.29 is 14.4 Å². The summed E-state index contributed by atoms with van der Waals surface area (Å²) in [6, 6.07) is 14.7. The van der Waals surface area contributed by atoms with Gasteiger partial charge < -0.3 is 14.9 Å². The molecule has 0 saturated heterocycles. The van der Waals surface area contributed by atoms with Crippen molar-refractivity contribution in [1.82, 2.24) is 28.9 Å². The molecule has 0 atom stereocenters. The van der Waals surface area contributed by atoms with Gasteiger partial charge in [-0.15, -0.1) is 11.3 Å². The van der Waals surface area contributed by atoms with Crippen LogP contribution >= 0.6 is 11.3 Å². The average molecular weight is 652 g/mol. The predicted octanol–water partition coefficient (Wildman–Crippen LogP) is 5.98. The van der Waals surface area contributed by atoms with Crippen LogP contribution in [0.25, 0.3) is 22.1 Å². The Labute approximate surface area is 275 Å². The van der Waals surface area contributed by atoms with Gasteiger partial charge in [0, 0.05) is 35.0 Å². The first kappa shape index (κ1) is 31.7. The summed E-state index contributed by atoms with van der Waals surface area (Å²) in [5.74, 6) is -0.182. The zero-order valence-corrected chi connectivity index (χ0v) is 27.9. The highest BCUT2D eigenvalue weighted by molar-refractivity contribution is 7.12. The number of benzene rings is 2. The number of carbonyl (C=O) groups excluding carboxylic acids is 3. The molecule has 0 aliphatic rings.